The van der Waals surface area contributed by atoms with E-state index in [1.54, 1.807) is 6.07 Å². The lowest BCUT2D eigenvalue weighted by Gasteiger charge is -2.34. The van der Waals surface area contributed by atoms with Crippen molar-refractivity contribution in [3.63, 3.8) is 0 Å². The van der Waals surface area contributed by atoms with Crippen LogP contribution < -0.4 is 0 Å². The van der Waals surface area contributed by atoms with Crippen molar-refractivity contribution in [3.8, 4) is 0 Å². The van der Waals surface area contributed by atoms with Gasteiger partial charge in [0.15, 0.2) is 9.84 Å². The molecule has 2 aromatic rings. The molecule has 1 amide bonds. The van der Waals surface area contributed by atoms with Crippen molar-refractivity contribution in [2.45, 2.75) is 61.2 Å². The average molecular weight is 552 g/mol. The molecule has 0 aliphatic carbocycles. The largest absolute Gasteiger partial charge is 0.430 e. The van der Waals surface area contributed by atoms with Gasteiger partial charge in [0.25, 0.3) is 5.60 Å². The Balaban J connectivity index is 2.14. The molecular formula is C25H27F6NO4S. The summed E-state index contributed by atoms with van der Waals surface area (Å²) in [4.78, 5) is 14.1. The second-order valence-electron chi connectivity index (χ2n) is 10.4. The van der Waals surface area contributed by atoms with Gasteiger partial charge in [-0.15, -0.1) is 0 Å². The number of nitrogens with zero attached hydrogens (tertiary/aromatic N) is 1. The first-order chi connectivity index (χ1) is 16.8. The van der Waals surface area contributed by atoms with Crippen LogP contribution in [0.2, 0.25) is 0 Å². The number of aliphatic hydroxyl groups is 1. The smallest absolute Gasteiger partial charge is 0.369 e. The van der Waals surface area contributed by atoms with Gasteiger partial charge in [0.1, 0.15) is 4.75 Å². The molecular weight excluding hydrogens is 524 g/mol. The molecule has 0 spiro atoms. The number of carbonyl (C=O) groups is 1. The van der Waals surface area contributed by atoms with Crippen LogP contribution >= 0.6 is 0 Å². The summed E-state index contributed by atoms with van der Waals surface area (Å²) in [5.41, 5.74) is -7.13. The molecule has 1 aliphatic heterocycles. The molecule has 1 fully saturated rings. The molecule has 1 heterocycles. The Morgan fingerprint density at radius 2 is 1.43 bits per heavy atom. The number of benzene rings is 2. The fourth-order valence-electron chi connectivity index (χ4n) is 4.50. The van der Waals surface area contributed by atoms with Crippen molar-refractivity contribution < 1.29 is 44.7 Å². The molecule has 12 heteroatoms. The van der Waals surface area contributed by atoms with Gasteiger partial charge in [0, 0.05) is 25.1 Å². The minimum absolute atomic E-state index is 0.0256. The number of amides is 1. The van der Waals surface area contributed by atoms with Crippen LogP contribution in [0.15, 0.2) is 59.5 Å². The lowest BCUT2D eigenvalue weighted by molar-refractivity contribution is -0.376. The molecule has 5 nitrogen and oxygen atoms in total. The molecule has 1 N–H and O–H groups in total. The Hall–Kier alpha value is -2.60. The molecule has 0 aromatic heterocycles. The number of hydrogen-bond acceptors (Lipinski definition) is 4. The Morgan fingerprint density at radius 3 is 1.89 bits per heavy atom. The lowest BCUT2D eigenvalue weighted by Crippen LogP contribution is -2.54. The van der Waals surface area contributed by atoms with Crippen molar-refractivity contribution in [2.75, 3.05) is 13.1 Å². The molecule has 1 unspecified atom stereocenters. The molecule has 2 aromatic carbocycles. The summed E-state index contributed by atoms with van der Waals surface area (Å²) < 4.78 is 106. The van der Waals surface area contributed by atoms with Crippen molar-refractivity contribution in [1.82, 2.24) is 4.90 Å². The van der Waals surface area contributed by atoms with Gasteiger partial charge in [-0.3, -0.25) is 4.79 Å². The molecule has 3 rings (SSSR count). The lowest BCUT2D eigenvalue weighted by atomic mass is 9.89. The summed E-state index contributed by atoms with van der Waals surface area (Å²) in [6.45, 7) is 5.18. The van der Waals surface area contributed by atoms with E-state index in [2.05, 4.69) is 0 Å². The first-order valence-corrected chi connectivity index (χ1v) is 12.8. The van der Waals surface area contributed by atoms with E-state index in [9.17, 15) is 44.7 Å². The van der Waals surface area contributed by atoms with Gasteiger partial charge in [-0.25, -0.2) is 8.42 Å². The van der Waals surface area contributed by atoms with Crippen molar-refractivity contribution >= 4 is 15.7 Å². The molecule has 1 aliphatic rings. The highest BCUT2D eigenvalue weighted by Crippen LogP contribution is 2.51. The standard InChI is InChI=1S/C25H27F6NO4S/c1-21(2,3)15-20(33)32-14-13-22(16-32,37(35,36)19-7-5-4-6-8-19)17-9-11-18(12-10-17)23(34,24(26,27)28)25(29,30)31/h4-12,34H,13-16H2,1-3H3. The summed E-state index contributed by atoms with van der Waals surface area (Å²) in [5.74, 6) is -0.322. The summed E-state index contributed by atoms with van der Waals surface area (Å²) in [5, 5.41) is 9.72. The summed E-state index contributed by atoms with van der Waals surface area (Å²) in [6, 6.07) is 9.75. The highest BCUT2D eigenvalue weighted by atomic mass is 32.2. The van der Waals surface area contributed by atoms with Gasteiger partial charge in [-0.1, -0.05) is 63.2 Å². The van der Waals surface area contributed by atoms with E-state index in [4.69, 9.17) is 0 Å². The van der Waals surface area contributed by atoms with Gasteiger partial charge in [0.2, 0.25) is 5.91 Å². The second kappa shape index (κ2) is 9.30. The topological polar surface area (TPSA) is 74.7 Å². The zero-order valence-corrected chi connectivity index (χ0v) is 21.1. The number of likely N-dealkylation sites (tertiary alicyclic amines) is 1. The Kier molecular flexibility index (Phi) is 7.28. The molecule has 37 heavy (non-hydrogen) atoms. The number of halogens is 6. The number of sulfone groups is 1. The highest BCUT2D eigenvalue weighted by Gasteiger charge is 2.71. The number of hydrogen-bond donors (Lipinski definition) is 1. The third-order valence-electron chi connectivity index (χ3n) is 6.48. The minimum Gasteiger partial charge on any atom is -0.369 e. The SMILES string of the molecule is CC(C)(C)CC(=O)N1CCC(c2ccc(C(O)(C(F)(F)F)C(F)(F)F)cc2)(S(=O)(=O)c2ccccc2)C1. The number of alkyl halides is 6. The van der Waals surface area contributed by atoms with E-state index >= 15 is 0 Å². The highest BCUT2D eigenvalue weighted by molar-refractivity contribution is 7.92. The maximum atomic E-state index is 13.9. The maximum Gasteiger partial charge on any atom is 0.430 e. The predicted octanol–water partition coefficient (Wildman–Crippen LogP) is 5.34. The minimum atomic E-state index is -6.08. The van der Waals surface area contributed by atoms with E-state index in [1.807, 2.05) is 20.8 Å². The molecule has 1 saturated heterocycles. The Morgan fingerprint density at radius 1 is 0.919 bits per heavy atom. The second-order valence-corrected chi connectivity index (χ2v) is 12.7. The molecule has 0 radical (unpaired) electrons. The van der Waals surface area contributed by atoms with Crippen molar-refractivity contribution in [2.24, 2.45) is 5.41 Å². The molecule has 204 valence electrons. The van der Waals surface area contributed by atoms with Crippen molar-refractivity contribution in [3.05, 3.63) is 65.7 Å². The van der Waals surface area contributed by atoms with Crippen LogP contribution in [-0.2, 0) is 25.0 Å². The molecule has 0 bridgehead atoms. The van der Waals surface area contributed by atoms with Crippen LogP contribution in [0.3, 0.4) is 0 Å². The van der Waals surface area contributed by atoms with E-state index in [0.717, 1.165) is 12.1 Å². The zero-order valence-electron chi connectivity index (χ0n) is 20.3. The van der Waals surface area contributed by atoms with Gasteiger partial charge >= 0.3 is 12.4 Å². The molecule has 1 atom stereocenters. The average Bonchev–Trinajstić information content (AvgIpc) is 3.24. The zero-order chi connectivity index (χ0) is 28.1. The van der Waals surface area contributed by atoms with E-state index in [-0.39, 0.29) is 42.3 Å². The fraction of sp³-hybridized carbons (Fsp3) is 0.480. The Bertz CT molecular complexity index is 1220. The normalized spacial score (nSPS) is 19.8. The van der Waals surface area contributed by atoms with Crippen LogP contribution in [0, 0.1) is 5.41 Å². The van der Waals surface area contributed by atoms with E-state index in [0.29, 0.717) is 12.1 Å². The summed E-state index contributed by atoms with van der Waals surface area (Å²) in [7, 11) is -4.27. The van der Waals surface area contributed by atoms with Gasteiger partial charge in [0.05, 0.1) is 4.90 Å². The van der Waals surface area contributed by atoms with Crippen molar-refractivity contribution in [1.29, 1.82) is 0 Å². The number of rotatable bonds is 5. The van der Waals surface area contributed by atoms with E-state index in [1.165, 1.54) is 29.2 Å². The first-order valence-electron chi connectivity index (χ1n) is 11.3. The maximum absolute atomic E-state index is 13.9. The summed E-state index contributed by atoms with van der Waals surface area (Å²) >= 11 is 0. The third kappa shape index (κ3) is 5.09. The Labute approximate surface area is 211 Å². The van der Waals surface area contributed by atoms with E-state index < -0.39 is 43.5 Å². The predicted molar refractivity (Wildman–Crippen MR) is 123 cm³/mol. The van der Waals surface area contributed by atoms with Gasteiger partial charge in [-0.2, -0.15) is 26.3 Å². The van der Waals surface area contributed by atoms with Gasteiger partial charge < -0.3 is 10.0 Å². The number of carbonyl (C=O) groups excluding carboxylic acids is 1. The van der Waals surface area contributed by atoms with Crippen LogP contribution in [0.5, 0.6) is 0 Å². The third-order valence-corrected chi connectivity index (χ3v) is 8.97. The van der Waals surface area contributed by atoms with Gasteiger partial charge in [-0.05, 0) is 29.5 Å². The van der Waals surface area contributed by atoms with Crippen LogP contribution in [0.4, 0.5) is 26.3 Å². The fourth-order valence-corrected chi connectivity index (χ4v) is 6.60. The first kappa shape index (κ1) is 29.0. The quantitative estimate of drug-likeness (QED) is 0.510. The summed E-state index contributed by atoms with van der Waals surface area (Å²) in [6.07, 6.45) is -12.2. The molecule has 0 saturated carbocycles. The monoisotopic (exact) mass is 551 g/mol. The van der Waals surface area contributed by atoms with Crippen LogP contribution in [0.1, 0.15) is 44.7 Å². The van der Waals surface area contributed by atoms with Crippen LogP contribution in [0.25, 0.3) is 0 Å². The van der Waals surface area contributed by atoms with Crippen LogP contribution in [-0.4, -0.2) is 49.8 Å².